The lowest BCUT2D eigenvalue weighted by Crippen LogP contribution is -1.95. The number of aromatic hydroxyl groups is 1. The minimum Gasteiger partial charge on any atom is -0.500 e. The second-order valence-electron chi connectivity index (χ2n) is 3.04. The van der Waals surface area contributed by atoms with Gasteiger partial charge in [-0.3, -0.25) is 10.1 Å². The molecule has 0 heterocycles. The number of allylic oxidation sites excluding steroid dienone is 1. The van der Waals surface area contributed by atoms with Crippen LogP contribution in [-0.4, -0.2) is 22.5 Å². The van der Waals surface area contributed by atoms with Gasteiger partial charge in [-0.2, -0.15) is 0 Å². The lowest BCUT2D eigenvalue weighted by molar-refractivity contribution is -0.386. The fourth-order valence-corrected chi connectivity index (χ4v) is 1.49. The molecule has 6 heteroatoms. The van der Waals surface area contributed by atoms with Crippen molar-refractivity contribution in [3.05, 3.63) is 34.4 Å². The smallest absolute Gasteiger partial charge is 0.315 e. The Morgan fingerprint density at radius 1 is 1.69 bits per heavy atom. The molecular formula is C10H10BrNO4. The van der Waals surface area contributed by atoms with E-state index in [1.807, 2.05) is 0 Å². The molecule has 0 bridgehead atoms. The summed E-state index contributed by atoms with van der Waals surface area (Å²) in [6, 6.07) is 2.77. The number of phenolic OH excluding ortho intramolecular Hbond substituents is 1. The van der Waals surface area contributed by atoms with E-state index in [4.69, 9.17) is 4.74 Å². The Bertz CT molecular complexity index is 445. The minimum atomic E-state index is -0.664. The van der Waals surface area contributed by atoms with Gasteiger partial charge in [-0.05, 0) is 17.2 Å². The summed E-state index contributed by atoms with van der Waals surface area (Å²) in [5.41, 5.74) is 0.830. The van der Waals surface area contributed by atoms with Crippen molar-refractivity contribution >= 4 is 27.2 Å². The van der Waals surface area contributed by atoms with Gasteiger partial charge in [0.05, 0.1) is 12.0 Å². The van der Waals surface area contributed by atoms with Crippen LogP contribution in [0.2, 0.25) is 0 Å². The predicted molar refractivity (Wildman–Crippen MR) is 64.1 cm³/mol. The van der Waals surface area contributed by atoms with Crippen LogP contribution < -0.4 is 4.74 Å². The molecule has 0 amide bonds. The van der Waals surface area contributed by atoms with Gasteiger partial charge < -0.3 is 9.84 Å². The molecule has 0 aliphatic carbocycles. The quantitative estimate of drug-likeness (QED) is 0.525. The summed E-state index contributed by atoms with van der Waals surface area (Å²) in [5.74, 6) is -0.412. The van der Waals surface area contributed by atoms with Gasteiger partial charge in [-0.15, -0.1) is 0 Å². The minimum absolute atomic E-state index is 0.0614. The number of hydrogen-bond donors (Lipinski definition) is 1. The molecule has 1 aromatic carbocycles. The highest BCUT2D eigenvalue weighted by atomic mass is 79.9. The van der Waals surface area contributed by atoms with Crippen LogP contribution in [0.25, 0.3) is 5.57 Å². The number of ether oxygens (including phenoxy) is 1. The molecule has 5 nitrogen and oxygen atoms in total. The molecule has 0 unspecified atom stereocenters. The molecule has 0 atom stereocenters. The summed E-state index contributed by atoms with van der Waals surface area (Å²) >= 11 is 3.21. The maximum Gasteiger partial charge on any atom is 0.315 e. The van der Waals surface area contributed by atoms with E-state index in [2.05, 4.69) is 22.5 Å². The van der Waals surface area contributed by atoms with Crippen molar-refractivity contribution < 1.29 is 14.8 Å². The number of phenols is 1. The maximum absolute atomic E-state index is 10.7. The third-order valence-electron chi connectivity index (χ3n) is 2.04. The van der Waals surface area contributed by atoms with Gasteiger partial charge in [0.15, 0.2) is 5.75 Å². The Balaban J connectivity index is 3.40. The number of methoxy groups -OCH3 is 1. The zero-order valence-corrected chi connectivity index (χ0v) is 10.2. The summed E-state index contributed by atoms with van der Waals surface area (Å²) in [7, 11) is 1.33. The zero-order chi connectivity index (χ0) is 12.3. The Morgan fingerprint density at radius 3 is 2.75 bits per heavy atom. The van der Waals surface area contributed by atoms with Crippen molar-refractivity contribution in [2.75, 3.05) is 12.4 Å². The van der Waals surface area contributed by atoms with E-state index in [-0.39, 0.29) is 5.75 Å². The molecule has 0 saturated heterocycles. The van der Waals surface area contributed by atoms with Crippen molar-refractivity contribution in [2.45, 2.75) is 0 Å². The van der Waals surface area contributed by atoms with E-state index in [0.717, 1.165) is 0 Å². The van der Waals surface area contributed by atoms with Crippen LogP contribution in [0.1, 0.15) is 5.56 Å². The summed E-state index contributed by atoms with van der Waals surface area (Å²) < 4.78 is 4.86. The Kier molecular flexibility index (Phi) is 3.89. The van der Waals surface area contributed by atoms with Crippen molar-refractivity contribution in [3.63, 3.8) is 0 Å². The number of nitro benzene ring substituents is 1. The largest absolute Gasteiger partial charge is 0.500 e. The van der Waals surface area contributed by atoms with Gasteiger partial charge in [0.2, 0.25) is 5.75 Å². The topological polar surface area (TPSA) is 72.6 Å². The van der Waals surface area contributed by atoms with Crippen LogP contribution in [0.4, 0.5) is 5.69 Å². The molecule has 86 valence electrons. The zero-order valence-electron chi connectivity index (χ0n) is 8.57. The van der Waals surface area contributed by atoms with E-state index in [1.165, 1.54) is 19.2 Å². The average molecular weight is 288 g/mol. The highest BCUT2D eigenvalue weighted by Gasteiger charge is 2.20. The van der Waals surface area contributed by atoms with E-state index >= 15 is 0 Å². The molecule has 0 aromatic heterocycles. The van der Waals surface area contributed by atoms with Gasteiger partial charge in [-0.1, -0.05) is 22.5 Å². The van der Waals surface area contributed by atoms with Gasteiger partial charge in [-0.25, -0.2) is 0 Å². The number of benzene rings is 1. The average Bonchev–Trinajstić information content (AvgIpc) is 2.27. The first-order valence-electron chi connectivity index (χ1n) is 4.30. The highest BCUT2D eigenvalue weighted by molar-refractivity contribution is 9.09. The maximum atomic E-state index is 10.7. The fraction of sp³-hybridized carbons (Fsp3) is 0.200. The number of nitro groups is 1. The summed E-state index contributed by atoms with van der Waals surface area (Å²) in [4.78, 5) is 10.0. The number of hydrogen-bond acceptors (Lipinski definition) is 4. The number of rotatable bonds is 4. The first kappa shape index (κ1) is 12.5. The molecule has 0 aliphatic rings. The van der Waals surface area contributed by atoms with Crippen LogP contribution in [0.5, 0.6) is 11.5 Å². The molecule has 0 saturated carbocycles. The summed E-state index contributed by atoms with van der Waals surface area (Å²) in [5, 5.41) is 20.7. The summed E-state index contributed by atoms with van der Waals surface area (Å²) in [6.45, 7) is 3.74. The number of halogens is 1. The molecule has 0 radical (unpaired) electrons. The van der Waals surface area contributed by atoms with Gasteiger partial charge in [0.1, 0.15) is 0 Å². The lowest BCUT2D eigenvalue weighted by atomic mass is 10.1. The SMILES string of the molecule is C=C(CBr)c1cc(OC)c(O)c([N+](=O)[O-])c1. The molecule has 0 spiro atoms. The van der Waals surface area contributed by atoms with Gasteiger partial charge >= 0.3 is 5.69 Å². The third kappa shape index (κ3) is 2.33. The second-order valence-corrected chi connectivity index (χ2v) is 3.60. The summed E-state index contributed by atoms with van der Waals surface area (Å²) in [6.07, 6.45) is 0. The van der Waals surface area contributed by atoms with Crippen LogP contribution >= 0.6 is 15.9 Å². The first-order valence-corrected chi connectivity index (χ1v) is 5.43. The number of nitrogens with zero attached hydrogens (tertiary/aromatic N) is 1. The first-order chi connectivity index (χ1) is 7.51. The van der Waals surface area contributed by atoms with Gasteiger partial charge in [0.25, 0.3) is 0 Å². The van der Waals surface area contributed by atoms with Crippen molar-refractivity contribution in [3.8, 4) is 11.5 Å². The fourth-order valence-electron chi connectivity index (χ4n) is 1.17. The Hall–Kier alpha value is -1.56. The van der Waals surface area contributed by atoms with E-state index < -0.39 is 16.4 Å². The lowest BCUT2D eigenvalue weighted by Gasteiger charge is -2.08. The van der Waals surface area contributed by atoms with Crippen molar-refractivity contribution in [2.24, 2.45) is 0 Å². The van der Waals surface area contributed by atoms with Gasteiger partial charge in [0, 0.05) is 11.4 Å². The highest BCUT2D eigenvalue weighted by Crippen LogP contribution is 2.38. The second kappa shape index (κ2) is 4.98. The predicted octanol–water partition coefficient (Wildman–Crippen LogP) is 2.72. The standard InChI is InChI=1S/C10H10BrNO4/c1-6(5-11)7-3-8(12(14)15)10(13)9(4-7)16-2/h3-4,13H,1,5H2,2H3. The van der Waals surface area contributed by atoms with Crippen molar-refractivity contribution in [1.82, 2.24) is 0 Å². The normalized spacial score (nSPS) is 9.88. The molecule has 16 heavy (non-hydrogen) atoms. The van der Waals surface area contributed by atoms with Crippen LogP contribution in [-0.2, 0) is 0 Å². The van der Waals surface area contributed by atoms with E-state index in [0.29, 0.717) is 16.5 Å². The molecule has 0 fully saturated rings. The van der Waals surface area contributed by atoms with Crippen LogP contribution in [0, 0.1) is 10.1 Å². The molecule has 1 rings (SSSR count). The Morgan fingerprint density at radius 2 is 2.31 bits per heavy atom. The monoisotopic (exact) mass is 287 g/mol. The Labute approximate surface area is 101 Å². The van der Waals surface area contributed by atoms with E-state index in [9.17, 15) is 15.2 Å². The number of alkyl halides is 1. The van der Waals surface area contributed by atoms with E-state index in [1.54, 1.807) is 0 Å². The molecule has 1 aromatic rings. The molecule has 0 aliphatic heterocycles. The van der Waals surface area contributed by atoms with Crippen LogP contribution in [0.15, 0.2) is 18.7 Å². The molecule has 1 N–H and O–H groups in total. The van der Waals surface area contributed by atoms with Crippen molar-refractivity contribution in [1.29, 1.82) is 0 Å². The van der Waals surface area contributed by atoms with Crippen LogP contribution in [0.3, 0.4) is 0 Å². The molecular weight excluding hydrogens is 278 g/mol. The third-order valence-corrected chi connectivity index (χ3v) is 2.72.